The van der Waals surface area contributed by atoms with E-state index in [0.717, 1.165) is 78.8 Å². The summed E-state index contributed by atoms with van der Waals surface area (Å²) in [5.74, 6) is 0.638. The molecule has 0 aromatic carbocycles. The first-order chi connectivity index (χ1) is 11.5. The van der Waals surface area contributed by atoms with Crippen molar-refractivity contribution in [2.45, 2.75) is 19.1 Å². The van der Waals surface area contributed by atoms with Crippen LogP contribution in [-0.4, -0.2) is 85.1 Å². The van der Waals surface area contributed by atoms with Crippen LogP contribution in [0.3, 0.4) is 0 Å². The van der Waals surface area contributed by atoms with Crippen LogP contribution >= 0.6 is 0 Å². The zero-order chi connectivity index (χ0) is 16.0. The molecule has 0 saturated carbocycles. The lowest BCUT2D eigenvalue weighted by Gasteiger charge is -2.26. The van der Waals surface area contributed by atoms with Gasteiger partial charge < -0.3 is 35.5 Å². The Morgan fingerprint density at radius 2 is 1.00 bits per heavy atom. The lowest BCUT2D eigenvalue weighted by Crippen LogP contribution is -2.39. The Bertz CT molecular complexity index is 229. The molecule has 4 fully saturated rings. The van der Waals surface area contributed by atoms with E-state index in [-0.39, 0.29) is 6.29 Å². The van der Waals surface area contributed by atoms with Crippen molar-refractivity contribution >= 4 is 0 Å². The number of nitrogens with one attached hydrogen (secondary N) is 4. The van der Waals surface area contributed by atoms with Gasteiger partial charge >= 0.3 is 0 Å². The minimum absolute atomic E-state index is 0.108. The summed E-state index contributed by atoms with van der Waals surface area (Å²) in [6.07, 6.45) is 2.51. The van der Waals surface area contributed by atoms with Gasteiger partial charge in [-0.2, -0.15) is 0 Å². The number of morpholine rings is 1. The molecule has 0 bridgehead atoms. The molecular formula is C16H34N4O3. The highest BCUT2D eigenvalue weighted by Gasteiger charge is 2.27. The summed E-state index contributed by atoms with van der Waals surface area (Å²) in [6.45, 7) is 12.2. The molecule has 0 radical (unpaired) electrons. The number of hydrogen-bond acceptors (Lipinski definition) is 7. The summed E-state index contributed by atoms with van der Waals surface area (Å²) in [5.41, 5.74) is 0. The maximum Gasteiger partial charge on any atom is 0.160 e. The van der Waals surface area contributed by atoms with Crippen LogP contribution in [0.5, 0.6) is 0 Å². The highest BCUT2D eigenvalue weighted by atomic mass is 16.7. The number of piperidine rings is 1. The average molecular weight is 330 g/mol. The Kier molecular flexibility index (Phi) is 10.8. The third kappa shape index (κ3) is 8.95. The van der Waals surface area contributed by atoms with Crippen LogP contribution in [0.15, 0.2) is 0 Å². The fourth-order valence-electron chi connectivity index (χ4n) is 2.88. The van der Waals surface area contributed by atoms with Crippen LogP contribution in [0.4, 0.5) is 0 Å². The van der Waals surface area contributed by atoms with Gasteiger partial charge in [0.1, 0.15) is 0 Å². The second-order valence-corrected chi connectivity index (χ2v) is 6.06. The Morgan fingerprint density at radius 3 is 1.39 bits per heavy atom. The van der Waals surface area contributed by atoms with Gasteiger partial charge in [-0.15, -0.1) is 0 Å². The van der Waals surface area contributed by atoms with Crippen molar-refractivity contribution in [3.05, 3.63) is 0 Å². The maximum absolute atomic E-state index is 5.44. The first-order valence-electron chi connectivity index (χ1n) is 9.10. The minimum Gasteiger partial charge on any atom is -0.379 e. The van der Waals surface area contributed by atoms with E-state index in [1.807, 2.05) is 0 Å². The largest absolute Gasteiger partial charge is 0.379 e. The van der Waals surface area contributed by atoms with Crippen molar-refractivity contribution in [1.82, 2.24) is 21.3 Å². The molecular weight excluding hydrogens is 296 g/mol. The zero-order valence-corrected chi connectivity index (χ0v) is 14.3. The van der Waals surface area contributed by atoms with Crippen molar-refractivity contribution < 1.29 is 14.2 Å². The molecule has 0 atom stereocenters. The van der Waals surface area contributed by atoms with E-state index in [4.69, 9.17) is 14.2 Å². The molecule has 7 heteroatoms. The van der Waals surface area contributed by atoms with Crippen molar-refractivity contribution in [2.75, 3.05) is 78.8 Å². The van der Waals surface area contributed by atoms with E-state index in [0.29, 0.717) is 5.92 Å². The fourth-order valence-corrected chi connectivity index (χ4v) is 2.88. The molecule has 4 aliphatic heterocycles. The third-order valence-corrected chi connectivity index (χ3v) is 4.22. The highest BCUT2D eigenvalue weighted by molar-refractivity contribution is 4.72. The Balaban J connectivity index is 0.000000136. The number of rotatable bonds is 1. The molecule has 0 unspecified atom stereocenters. The Hall–Kier alpha value is -0.280. The molecule has 4 rings (SSSR count). The molecule has 0 amide bonds. The molecule has 0 aliphatic carbocycles. The summed E-state index contributed by atoms with van der Waals surface area (Å²) >= 11 is 0. The number of hydrogen-bond donors (Lipinski definition) is 4. The van der Waals surface area contributed by atoms with E-state index >= 15 is 0 Å². The Labute approximate surface area is 140 Å². The van der Waals surface area contributed by atoms with Crippen LogP contribution in [-0.2, 0) is 14.2 Å². The molecule has 0 aromatic heterocycles. The second kappa shape index (κ2) is 13.1. The van der Waals surface area contributed by atoms with Crippen LogP contribution in [0.25, 0.3) is 0 Å². The molecule has 4 aliphatic rings. The summed E-state index contributed by atoms with van der Waals surface area (Å²) in [4.78, 5) is 0. The van der Waals surface area contributed by atoms with Crippen molar-refractivity contribution in [1.29, 1.82) is 0 Å². The number of ether oxygens (including phenoxy) is 3. The topological polar surface area (TPSA) is 75.8 Å². The quantitative estimate of drug-likeness (QED) is 0.499. The highest BCUT2D eigenvalue weighted by Crippen LogP contribution is 2.22. The molecule has 0 aromatic rings. The summed E-state index contributed by atoms with van der Waals surface area (Å²) in [6, 6.07) is 0. The van der Waals surface area contributed by atoms with E-state index in [2.05, 4.69) is 21.3 Å². The van der Waals surface area contributed by atoms with Crippen LogP contribution in [0.2, 0.25) is 0 Å². The van der Waals surface area contributed by atoms with Gasteiger partial charge in [0.25, 0.3) is 0 Å². The first-order valence-corrected chi connectivity index (χ1v) is 9.10. The van der Waals surface area contributed by atoms with Gasteiger partial charge in [-0.1, -0.05) is 0 Å². The van der Waals surface area contributed by atoms with Crippen molar-refractivity contribution in [3.8, 4) is 0 Å². The lowest BCUT2D eigenvalue weighted by molar-refractivity contribution is -0.0902. The monoisotopic (exact) mass is 330 g/mol. The van der Waals surface area contributed by atoms with E-state index in [1.165, 1.54) is 12.8 Å². The van der Waals surface area contributed by atoms with Crippen LogP contribution in [0, 0.1) is 5.92 Å². The van der Waals surface area contributed by atoms with Gasteiger partial charge in [-0.25, -0.2) is 0 Å². The van der Waals surface area contributed by atoms with E-state index in [1.54, 1.807) is 0 Å². The molecule has 23 heavy (non-hydrogen) atoms. The molecule has 0 spiro atoms. The molecule has 136 valence electrons. The van der Waals surface area contributed by atoms with Crippen molar-refractivity contribution in [3.63, 3.8) is 0 Å². The smallest absolute Gasteiger partial charge is 0.160 e. The fraction of sp³-hybridized carbons (Fsp3) is 1.00. The second-order valence-electron chi connectivity index (χ2n) is 6.06. The lowest BCUT2D eigenvalue weighted by atomic mass is 9.98. The van der Waals surface area contributed by atoms with Gasteiger partial charge in [-0.05, 0) is 25.9 Å². The van der Waals surface area contributed by atoms with Gasteiger partial charge in [0.15, 0.2) is 6.29 Å². The molecule has 4 saturated heterocycles. The summed E-state index contributed by atoms with van der Waals surface area (Å²) < 4.78 is 15.9. The number of piperazine rings is 1. The first kappa shape index (κ1) is 19.1. The van der Waals surface area contributed by atoms with Gasteiger partial charge in [0, 0.05) is 45.2 Å². The van der Waals surface area contributed by atoms with Gasteiger partial charge in [-0.3, -0.25) is 0 Å². The van der Waals surface area contributed by atoms with Crippen LogP contribution in [0.1, 0.15) is 12.8 Å². The predicted molar refractivity (Wildman–Crippen MR) is 90.7 cm³/mol. The van der Waals surface area contributed by atoms with Gasteiger partial charge in [0.05, 0.1) is 26.4 Å². The van der Waals surface area contributed by atoms with Crippen molar-refractivity contribution in [2.24, 2.45) is 5.92 Å². The minimum atomic E-state index is 0.108. The standard InChI is InChI=1S/C8H15NO2.C4H10N2.C4H9NO/c1-3-9-4-2-7(1)8-10-5-6-11-8;1-2-6-4-3-5-1;1-3-6-4-2-5-1/h7-9H,1-6H2;5-6H,1-4H2;5H,1-4H2. The predicted octanol–water partition coefficient (Wildman–Crippen LogP) is -0.856. The summed E-state index contributed by atoms with van der Waals surface area (Å²) in [5, 5.41) is 12.9. The normalized spacial score (nSPS) is 26.6. The maximum atomic E-state index is 5.44. The third-order valence-electron chi connectivity index (χ3n) is 4.22. The Morgan fingerprint density at radius 1 is 0.522 bits per heavy atom. The van der Waals surface area contributed by atoms with E-state index < -0.39 is 0 Å². The van der Waals surface area contributed by atoms with E-state index in [9.17, 15) is 0 Å². The molecule has 7 nitrogen and oxygen atoms in total. The van der Waals surface area contributed by atoms with Crippen LogP contribution < -0.4 is 21.3 Å². The molecule has 4 heterocycles. The molecule has 4 N–H and O–H groups in total. The SMILES string of the molecule is C1CC(C2OCCO2)CCN1.C1CNCCN1.C1COCCN1. The van der Waals surface area contributed by atoms with Gasteiger partial charge in [0.2, 0.25) is 0 Å². The average Bonchev–Trinajstić information content (AvgIpc) is 3.21. The zero-order valence-electron chi connectivity index (χ0n) is 14.3. The summed E-state index contributed by atoms with van der Waals surface area (Å²) in [7, 11) is 0.